The maximum absolute atomic E-state index is 11.2. The van der Waals surface area contributed by atoms with Crippen molar-refractivity contribution in [3.05, 3.63) is 35.7 Å². The Morgan fingerprint density at radius 2 is 2.25 bits per heavy atom. The third kappa shape index (κ3) is 2.26. The molecule has 0 radical (unpaired) electrons. The third-order valence-electron chi connectivity index (χ3n) is 2.05. The molecule has 16 heavy (non-hydrogen) atoms. The molecule has 0 fully saturated rings. The Hall–Kier alpha value is -1.31. The van der Waals surface area contributed by atoms with Gasteiger partial charge in [-0.3, -0.25) is 0 Å². The normalized spacial score (nSPS) is 11.8. The molecule has 1 N–H and O–H groups in total. The fourth-order valence-electron chi connectivity index (χ4n) is 1.24. The molecule has 0 saturated heterocycles. The minimum atomic E-state index is -3.40. The summed E-state index contributed by atoms with van der Waals surface area (Å²) in [7, 11) is -3.40. The number of rotatable bonds is 4. The van der Waals surface area contributed by atoms with Gasteiger partial charge in [0.05, 0.1) is 11.7 Å². The second-order valence-electron chi connectivity index (χ2n) is 3.08. The van der Waals surface area contributed by atoms with Crippen LogP contribution in [0.4, 0.5) is 0 Å². The number of aromatic nitrogens is 2. The van der Waals surface area contributed by atoms with Crippen molar-refractivity contribution in [1.29, 1.82) is 0 Å². The third-order valence-corrected chi connectivity index (χ3v) is 3.58. The van der Waals surface area contributed by atoms with Crippen LogP contribution in [0, 0.1) is 0 Å². The van der Waals surface area contributed by atoms with Gasteiger partial charge in [0.2, 0.25) is 10.0 Å². The number of benzene rings is 1. The van der Waals surface area contributed by atoms with Gasteiger partial charge < -0.3 is 0 Å². The van der Waals surface area contributed by atoms with Gasteiger partial charge in [0.15, 0.2) is 0 Å². The Bertz CT molecular complexity index is 618. The van der Waals surface area contributed by atoms with Crippen molar-refractivity contribution in [2.75, 3.05) is 0 Å². The lowest BCUT2D eigenvalue weighted by Crippen LogP contribution is -2.20. The maximum atomic E-state index is 11.2. The minimum Gasteiger partial charge on any atom is -0.208 e. The number of hydrogen-bond acceptors (Lipinski definition) is 5. The molecule has 0 aliphatic carbocycles. The number of nitrogens with one attached hydrogen (secondary N) is 1. The van der Waals surface area contributed by atoms with E-state index in [0.717, 1.165) is 33.7 Å². The molecule has 0 aliphatic heterocycles. The predicted octanol–water partition coefficient (Wildman–Crippen LogP) is 1.25. The highest BCUT2D eigenvalue weighted by Crippen LogP contribution is 2.16. The Morgan fingerprint density at radius 3 is 3.00 bits per heavy atom. The van der Waals surface area contributed by atoms with E-state index in [9.17, 15) is 8.42 Å². The van der Waals surface area contributed by atoms with Crippen LogP contribution in [0.25, 0.3) is 11.0 Å². The van der Waals surface area contributed by atoms with Crippen molar-refractivity contribution in [3.8, 4) is 0 Å². The molecule has 84 valence electrons. The predicted molar refractivity (Wildman–Crippen MR) is 63.4 cm³/mol. The van der Waals surface area contributed by atoms with Crippen LogP contribution < -0.4 is 4.72 Å². The summed E-state index contributed by atoms with van der Waals surface area (Å²) in [6, 6.07) is 5.47. The summed E-state index contributed by atoms with van der Waals surface area (Å²) in [5.74, 6) is 0. The molecule has 1 aromatic carbocycles. The van der Waals surface area contributed by atoms with Crippen LogP contribution in [0.15, 0.2) is 30.2 Å². The lowest BCUT2D eigenvalue weighted by atomic mass is 10.2. The van der Waals surface area contributed by atoms with Gasteiger partial charge in [-0.15, -0.1) is 0 Å². The molecule has 0 unspecified atom stereocenters. The standard InChI is InChI=1S/C9H9N3O2S2/c1-2-16(13,14)10-6-7-4-3-5-8-9(7)12-15-11-8/h2-5,10H,1,6H2. The fraction of sp³-hybridized carbons (Fsp3) is 0.111. The number of sulfonamides is 1. The summed E-state index contributed by atoms with van der Waals surface area (Å²) >= 11 is 1.11. The SMILES string of the molecule is C=CS(=O)(=O)NCc1cccc2nsnc12. The summed E-state index contributed by atoms with van der Waals surface area (Å²) in [5.41, 5.74) is 2.32. The van der Waals surface area contributed by atoms with Crippen molar-refractivity contribution in [1.82, 2.24) is 13.5 Å². The maximum Gasteiger partial charge on any atom is 0.233 e. The lowest BCUT2D eigenvalue weighted by Gasteiger charge is -2.02. The van der Waals surface area contributed by atoms with Gasteiger partial charge in [-0.25, -0.2) is 13.1 Å². The molecule has 7 heteroatoms. The molecule has 0 atom stereocenters. The van der Waals surface area contributed by atoms with Gasteiger partial charge in [-0.05, 0) is 11.6 Å². The summed E-state index contributed by atoms with van der Waals surface area (Å²) < 4.78 is 33.0. The van der Waals surface area contributed by atoms with E-state index >= 15 is 0 Å². The Balaban J connectivity index is 2.28. The molecule has 2 aromatic rings. The van der Waals surface area contributed by atoms with Gasteiger partial charge in [-0.2, -0.15) is 8.75 Å². The number of nitrogens with zero attached hydrogens (tertiary/aromatic N) is 2. The van der Waals surface area contributed by atoms with E-state index < -0.39 is 10.0 Å². The summed E-state index contributed by atoms with van der Waals surface area (Å²) in [5, 5.41) is 0.881. The average molecular weight is 255 g/mol. The zero-order valence-corrected chi connectivity index (χ0v) is 9.88. The van der Waals surface area contributed by atoms with Crippen LogP contribution >= 0.6 is 11.7 Å². The molecule has 0 spiro atoms. The van der Waals surface area contributed by atoms with Crippen LogP contribution in [0.3, 0.4) is 0 Å². The zero-order valence-electron chi connectivity index (χ0n) is 8.25. The molecule has 1 heterocycles. The smallest absolute Gasteiger partial charge is 0.208 e. The van der Waals surface area contributed by atoms with Gasteiger partial charge in [0.25, 0.3) is 0 Å². The van der Waals surface area contributed by atoms with Crippen molar-refractivity contribution in [2.24, 2.45) is 0 Å². The average Bonchev–Trinajstić information content (AvgIpc) is 2.75. The first-order chi connectivity index (χ1) is 7.62. The Morgan fingerprint density at radius 1 is 1.44 bits per heavy atom. The molecular weight excluding hydrogens is 246 g/mol. The van der Waals surface area contributed by atoms with E-state index in [4.69, 9.17) is 0 Å². The first kappa shape index (κ1) is 11.2. The first-order valence-corrected chi connectivity index (χ1v) is 6.72. The van der Waals surface area contributed by atoms with Crippen molar-refractivity contribution in [2.45, 2.75) is 6.54 Å². The molecule has 0 bridgehead atoms. The summed E-state index contributed by atoms with van der Waals surface area (Å²) in [4.78, 5) is 0. The molecular formula is C9H9N3O2S2. The second-order valence-corrected chi connectivity index (χ2v) is 5.32. The fourth-order valence-corrected chi connectivity index (χ4v) is 2.29. The van der Waals surface area contributed by atoms with Crippen molar-refractivity contribution < 1.29 is 8.42 Å². The van der Waals surface area contributed by atoms with Gasteiger partial charge in [-0.1, -0.05) is 18.7 Å². The Kier molecular flexibility index (Phi) is 2.99. The van der Waals surface area contributed by atoms with E-state index in [1.54, 1.807) is 0 Å². The van der Waals surface area contributed by atoms with Gasteiger partial charge in [0, 0.05) is 12.0 Å². The second kappa shape index (κ2) is 4.28. The highest BCUT2D eigenvalue weighted by Gasteiger charge is 2.08. The molecule has 0 amide bonds. The first-order valence-electron chi connectivity index (χ1n) is 4.44. The molecule has 5 nitrogen and oxygen atoms in total. The molecule has 2 rings (SSSR count). The summed E-state index contributed by atoms with van der Waals surface area (Å²) in [6.45, 7) is 3.41. The van der Waals surface area contributed by atoms with Crippen LogP contribution in [0.5, 0.6) is 0 Å². The number of fused-ring (bicyclic) bond motifs is 1. The minimum absolute atomic E-state index is 0.192. The van der Waals surface area contributed by atoms with E-state index in [2.05, 4.69) is 20.0 Å². The molecule has 1 aromatic heterocycles. The van der Waals surface area contributed by atoms with Crippen LogP contribution in [0.2, 0.25) is 0 Å². The van der Waals surface area contributed by atoms with E-state index in [-0.39, 0.29) is 6.54 Å². The highest BCUT2D eigenvalue weighted by atomic mass is 32.2. The van der Waals surface area contributed by atoms with E-state index in [0.29, 0.717) is 0 Å². The monoisotopic (exact) mass is 255 g/mol. The van der Waals surface area contributed by atoms with Gasteiger partial charge in [0.1, 0.15) is 11.0 Å². The molecule has 0 aliphatic rings. The molecule has 0 saturated carbocycles. The topological polar surface area (TPSA) is 72.0 Å². The van der Waals surface area contributed by atoms with E-state index in [1.165, 1.54) is 0 Å². The van der Waals surface area contributed by atoms with Crippen LogP contribution in [0.1, 0.15) is 5.56 Å². The summed E-state index contributed by atoms with van der Waals surface area (Å²) in [6.07, 6.45) is 0. The van der Waals surface area contributed by atoms with Crippen LogP contribution in [-0.2, 0) is 16.6 Å². The zero-order chi connectivity index (χ0) is 11.6. The van der Waals surface area contributed by atoms with Crippen molar-refractivity contribution >= 4 is 32.8 Å². The quantitative estimate of drug-likeness (QED) is 0.892. The largest absolute Gasteiger partial charge is 0.233 e. The van der Waals surface area contributed by atoms with E-state index in [1.807, 2.05) is 18.2 Å². The van der Waals surface area contributed by atoms with Crippen molar-refractivity contribution in [3.63, 3.8) is 0 Å². The Labute approximate surface area is 97.2 Å². The highest BCUT2D eigenvalue weighted by molar-refractivity contribution is 7.92. The lowest BCUT2D eigenvalue weighted by molar-refractivity contribution is 0.591. The van der Waals surface area contributed by atoms with Gasteiger partial charge >= 0.3 is 0 Å². The van der Waals surface area contributed by atoms with Crippen LogP contribution in [-0.4, -0.2) is 17.2 Å². The number of hydrogen-bond donors (Lipinski definition) is 1.